The molecule has 0 saturated heterocycles. The van der Waals surface area contributed by atoms with Crippen LogP contribution in [0.25, 0.3) is 22.0 Å². The predicted molar refractivity (Wildman–Crippen MR) is 93.9 cm³/mol. The van der Waals surface area contributed by atoms with Gasteiger partial charge in [-0.2, -0.15) is 5.26 Å². The first-order valence-electron chi connectivity index (χ1n) is 8.36. The number of aromatic nitrogens is 2. The maximum absolute atomic E-state index is 9.60. The summed E-state index contributed by atoms with van der Waals surface area (Å²) >= 11 is 0. The summed E-state index contributed by atoms with van der Waals surface area (Å²) < 4.78 is 7.82. The second-order valence-electron chi connectivity index (χ2n) is 6.27. The molecule has 0 N–H and O–H groups in total. The lowest BCUT2D eigenvalue weighted by Gasteiger charge is -2.14. The number of nitrogens with zero attached hydrogens (tertiary/aromatic N) is 3. The van der Waals surface area contributed by atoms with Gasteiger partial charge in [0.15, 0.2) is 0 Å². The fourth-order valence-electron chi connectivity index (χ4n) is 3.81. The first kappa shape index (κ1) is 14.8. The highest BCUT2D eigenvalue weighted by Gasteiger charge is 2.24. The molecule has 0 bridgehead atoms. The predicted octanol–water partition coefficient (Wildman–Crippen LogP) is 4.70. The highest BCUT2D eigenvalue weighted by Crippen LogP contribution is 2.41. The van der Waals surface area contributed by atoms with Gasteiger partial charge in [-0.15, -0.1) is 0 Å². The van der Waals surface area contributed by atoms with Crippen molar-refractivity contribution in [3.8, 4) is 23.1 Å². The van der Waals surface area contributed by atoms with E-state index in [1.54, 1.807) is 13.3 Å². The standard InChI is InChI=1S/C20H19N3O/c1-24-20-18-17(14-7-3-2-4-8-14)13-23(16-9-5-6-10-16)19(18)15(11-21)12-22-20/h2-4,7-8,12-13,16H,5-6,9-10H2,1H3. The van der Waals surface area contributed by atoms with Gasteiger partial charge in [0.2, 0.25) is 5.88 Å². The number of ether oxygens (including phenoxy) is 1. The Hall–Kier alpha value is -2.80. The molecule has 1 aliphatic rings. The zero-order valence-electron chi connectivity index (χ0n) is 13.7. The molecular weight excluding hydrogens is 298 g/mol. The molecule has 4 rings (SSSR count). The van der Waals surface area contributed by atoms with Gasteiger partial charge < -0.3 is 9.30 Å². The zero-order chi connectivity index (χ0) is 16.5. The number of methoxy groups -OCH3 is 1. The number of nitriles is 1. The largest absolute Gasteiger partial charge is 0.480 e. The average Bonchev–Trinajstić information content (AvgIpc) is 3.29. The Labute approximate surface area is 141 Å². The number of pyridine rings is 1. The van der Waals surface area contributed by atoms with Gasteiger partial charge in [-0.25, -0.2) is 4.98 Å². The summed E-state index contributed by atoms with van der Waals surface area (Å²) in [7, 11) is 1.63. The van der Waals surface area contributed by atoms with Crippen molar-refractivity contribution in [2.75, 3.05) is 7.11 Å². The molecule has 0 atom stereocenters. The van der Waals surface area contributed by atoms with Crippen LogP contribution >= 0.6 is 0 Å². The second kappa shape index (κ2) is 6.01. The van der Waals surface area contributed by atoms with Crippen molar-refractivity contribution in [1.29, 1.82) is 5.26 Å². The van der Waals surface area contributed by atoms with Crippen LogP contribution in [0.5, 0.6) is 5.88 Å². The van der Waals surface area contributed by atoms with Gasteiger partial charge in [-0.05, 0) is 18.4 Å². The van der Waals surface area contributed by atoms with E-state index in [1.807, 2.05) is 18.2 Å². The molecule has 1 fully saturated rings. The average molecular weight is 317 g/mol. The molecule has 120 valence electrons. The molecule has 0 spiro atoms. The molecule has 4 heteroatoms. The molecule has 1 aromatic carbocycles. The minimum absolute atomic E-state index is 0.448. The molecule has 0 aliphatic heterocycles. The van der Waals surface area contributed by atoms with E-state index >= 15 is 0 Å². The zero-order valence-corrected chi connectivity index (χ0v) is 13.7. The molecular formula is C20H19N3O. The van der Waals surface area contributed by atoms with Crippen molar-refractivity contribution in [3.63, 3.8) is 0 Å². The third kappa shape index (κ3) is 2.25. The molecule has 4 nitrogen and oxygen atoms in total. The highest BCUT2D eigenvalue weighted by atomic mass is 16.5. The van der Waals surface area contributed by atoms with E-state index in [1.165, 1.54) is 12.8 Å². The first-order valence-corrected chi connectivity index (χ1v) is 8.36. The maximum atomic E-state index is 9.60. The van der Waals surface area contributed by atoms with Crippen LogP contribution in [0, 0.1) is 11.3 Å². The fraction of sp³-hybridized carbons (Fsp3) is 0.300. The summed E-state index contributed by atoms with van der Waals surface area (Å²) in [5, 5.41) is 10.5. The molecule has 24 heavy (non-hydrogen) atoms. The molecule has 0 unspecified atom stereocenters. The van der Waals surface area contributed by atoms with Gasteiger partial charge in [0.25, 0.3) is 0 Å². The van der Waals surface area contributed by atoms with Gasteiger partial charge in [-0.1, -0.05) is 43.2 Å². The Kier molecular flexibility index (Phi) is 3.70. The minimum Gasteiger partial charge on any atom is -0.480 e. The summed E-state index contributed by atoms with van der Waals surface area (Å²) in [5.74, 6) is 0.583. The van der Waals surface area contributed by atoms with E-state index in [2.05, 4.69) is 33.9 Å². The van der Waals surface area contributed by atoms with Crippen LogP contribution in [-0.4, -0.2) is 16.7 Å². The SMILES string of the molecule is COc1ncc(C#N)c2c1c(-c1ccccc1)cn2C1CCCC1. The normalized spacial score (nSPS) is 14.8. The Morgan fingerprint density at radius 1 is 1.21 bits per heavy atom. The van der Waals surface area contributed by atoms with Crippen molar-refractivity contribution in [2.45, 2.75) is 31.7 Å². The number of benzene rings is 1. The van der Waals surface area contributed by atoms with Crippen LogP contribution < -0.4 is 4.74 Å². The highest BCUT2D eigenvalue weighted by molar-refractivity contribution is 6.02. The third-order valence-corrected chi connectivity index (χ3v) is 4.93. The van der Waals surface area contributed by atoms with Crippen LogP contribution in [-0.2, 0) is 0 Å². The van der Waals surface area contributed by atoms with Crippen LogP contribution in [0.3, 0.4) is 0 Å². The molecule has 0 radical (unpaired) electrons. The van der Waals surface area contributed by atoms with E-state index in [4.69, 9.17) is 4.74 Å². The van der Waals surface area contributed by atoms with Gasteiger partial charge in [0.1, 0.15) is 6.07 Å². The van der Waals surface area contributed by atoms with E-state index in [0.29, 0.717) is 17.5 Å². The molecule has 2 heterocycles. The van der Waals surface area contributed by atoms with E-state index in [-0.39, 0.29) is 0 Å². The maximum Gasteiger partial charge on any atom is 0.223 e. The fourth-order valence-corrected chi connectivity index (χ4v) is 3.81. The van der Waals surface area contributed by atoms with Gasteiger partial charge >= 0.3 is 0 Å². The number of rotatable bonds is 3. The van der Waals surface area contributed by atoms with Crippen LogP contribution in [0.2, 0.25) is 0 Å². The van der Waals surface area contributed by atoms with E-state index in [9.17, 15) is 5.26 Å². The quantitative estimate of drug-likeness (QED) is 0.703. The van der Waals surface area contributed by atoms with E-state index < -0.39 is 0 Å². The van der Waals surface area contributed by atoms with Crippen LogP contribution in [0.15, 0.2) is 42.7 Å². The number of hydrogen-bond acceptors (Lipinski definition) is 3. The Morgan fingerprint density at radius 3 is 2.62 bits per heavy atom. The topological polar surface area (TPSA) is 50.8 Å². The molecule has 0 amide bonds. The second-order valence-corrected chi connectivity index (χ2v) is 6.27. The number of hydrogen-bond donors (Lipinski definition) is 0. The summed E-state index contributed by atoms with van der Waals surface area (Å²) in [4.78, 5) is 4.36. The molecule has 1 saturated carbocycles. The lowest BCUT2D eigenvalue weighted by molar-refractivity contribution is 0.403. The van der Waals surface area contributed by atoms with Gasteiger partial charge in [0.05, 0.1) is 29.8 Å². The summed E-state index contributed by atoms with van der Waals surface area (Å²) in [6.07, 6.45) is 8.62. The summed E-state index contributed by atoms with van der Waals surface area (Å²) in [5.41, 5.74) is 3.77. The molecule has 1 aliphatic carbocycles. The first-order chi connectivity index (χ1) is 11.8. The Bertz CT molecular complexity index is 915. The van der Waals surface area contributed by atoms with Crippen molar-refractivity contribution in [3.05, 3.63) is 48.3 Å². The lowest BCUT2D eigenvalue weighted by Crippen LogP contribution is -2.04. The Balaban J connectivity index is 2.07. The summed E-state index contributed by atoms with van der Waals surface area (Å²) in [6, 6.07) is 13.0. The van der Waals surface area contributed by atoms with Crippen molar-refractivity contribution in [1.82, 2.24) is 9.55 Å². The van der Waals surface area contributed by atoms with Crippen molar-refractivity contribution < 1.29 is 4.74 Å². The van der Waals surface area contributed by atoms with Crippen molar-refractivity contribution in [2.24, 2.45) is 0 Å². The number of fused-ring (bicyclic) bond motifs is 1. The Morgan fingerprint density at radius 2 is 1.96 bits per heavy atom. The monoisotopic (exact) mass is 317 g/mol. The molecule has 3 aromatic rings. The van der Waals surface area contributed by atoms with Crippen LogP contribution in [0.4, 0.5) is 0 Å². The minimum atomic E-state index is 0.448. The molecule has 2 aromatic heterocycles. The van der Waals surface area contributed by atoms with Crippen molar-refractivity contribution >= 4 is 10.9 Å². The van der Waals surface area contributed by atoms with E-state index in [0.717, 1.165) is 34.9 Å². The summed E-state index contributed by atoms with van der Waals surface area (Å²) in [6.45, 7) is 0. The third-order valence-electron chi connectivity index (χ3n) is 4.93. The van der Waals surface area contributed by atoms with Crippen LogP contribution in [0.1, 0.15) is 37.3 Å². The van der Waals surface area contributed by atoms with Gasteiger partial charge in [-0.3, -0.25) is 0 Å². The lowest BCUT2D eigenvalue weighted by atomic mass is 10.0. The smallest absolute Gasteiger partial charge is 0.223 e. The van der Waals surface area contributed by atoms with Gasteiger partial charge in [0, 0.05) is 17.8 Å².